The number of nitrogens with one attached hydrogen (secondary N) is 1. The van der Waals surface area contributed by atoms with Gasteiger partial charge in [-0.2, -0.15) is 5.10 Å². The van der Waals surface area contributed by atoms with Crippen molar-refractivity contribution < 1.29 is 0 Å². The highest BCUT2D eigenvalue weighted by Gasteiger charge is 2.15. The molecule has 3 N–H and O–H groups in total. The van der Waals surface area contributed by atoms with Gasteiger partial charge in [-0.25, -0.2) is 0 Å². The number of benzene rings is 1. The Bertz CT molecular complexity index is 567. The first-order chi connectivity index (χ1) is 9.52. The Balaban J connectivity index is 2.10. The minimum atomic E-state index is 0.334. The van der Waals surface area contributed by atoms with Gasteiger partial charge < -0.3 is 11.1 Å². The molecule has 0 aliphatic carbocycles. The van der Waals surface area contributed by atoms with Gasteiger partial charge in [0.1, 0.15) is 5.82 Å². The van der Waals surface area contributed by atoms with Crippen LogP contribution in [0.1, 0.15) is 43.5 Å². The molecule has 0 unspecified atom stereocenters. The van der Waals surface area contributed by atoms with Gasteiger partial charge in [-0.1, -0.05) is 45.0 Å². The van der Waals surface area contributed by atoms with Crippen molar-refractivity contribution in [1.82, 2.24) is 9.78 Å². The number of rotatable bonds is 5. The quantitative estimate of drug-likeness (QED) is 0.878. The van der Waals surface area contributed by atoms with E-state index in [9.17, 15) is 0 Å². The van der Waals surface area contributed by atoms with Gasteiger partial charge >= 0.3 is 0 Å². The van der Waals surface area contributed by atoms with Crippen molar-refractivity contribution >= 4 is 11.5 Å². The molecule has 2 aromatic rings. The van der Waals surface area contributed by atoms with E-state index < -0.39 is 0 Å². The maximum Gasteiger partial charge on any atom is 0.148 e. The molecule has 0 radical (unpaired) electrons. The molecule has 0 atom stereocenters. The summed E-state index contributed by atoms with van der Waals surface area (Å²) in [4.78, 5) is 0. The van der Waals surface area contributed by atoms with E-state index in [-0.39, 0.29) is 0 Å². The number of aryl methyl sites for hydroxylation is 2. The average Bonchev–Trinajstić information content (AvgIpc) is 2.72. The van der Waals surface area contributed by atoms with Crippen LogP contribution in [0.25, 0.3) is 0 Å². The van der Waals surface area contributed by atoms with Crippen LogP contribution < -0.4 is 11.1 Å². The van der Waals surface area contributed by atoms with Crippen LogP contribution in [0.2, 0.25) is 0 Å². The number of nitrogens with two attached hydrogens (primary N) is 1. The van der Waals surface area contributed by atoms with Gasteiger partial charge in [0.25, 0.3) is 0 Å². The Morgan fingerprint density at radius 1 is 1.20 bits per heavy atom. The summed E-state index contributed by atoms with van der Waals surface area (Å²) in [6.07, 6.45) is 1.07. The van der Waals surface area contributed by atoms with E-state index in [1.165, 1.54) is 11.1 Å². The molecular weight excluding hydrogens is 248 g/mol. The van der Waals surface area contributed by atoms with Crippen LogP contribution >= 0.6 is 0 Å². The summed E-state index contributed by atoms with van der Waals surface area (Å²) in [6, 6.07) is 8.65. The summed E-state index contributed by atoms with van der Waals surface area (Å²) in [6.45, 7) is 7.13. The van der Waals surface area contributed by atoms with Crippen molar-refractivity contribution in [1.29, 1.82) is 0 Å². The van der Waals surface area contributed by atoms with Crippen molar-refractivity contribution in [3.63, 3.8) is 0 Å². The molecule has 0 aliphatic heterocycles. The molecule has 4 nitrogen and oxygen atoms in total. The third-order valence-electron chi connectivity index (χ3n) is 3.55. The minimum Gasteiger partial charge on any atom is -0.394 e. The van der Waals surface area contributed by atoms with Crippen LogP contribution in [0.5, 0.6) is 0 Å². The van der Waals surface area contributed by atoms with Crippen LogP contribution in [0.3, 0.4) is 0 Å². The van der Waals surface area contributed by atoms with Crippen LogP contribution in [-0.4, -0.2) is 9.78 Å². The Morgan fingerprint density at radius 3 is 2.30 bits per heavy atom. The predicted octanol–water partition coefficient (Wildman–Crippen LogP) is 3.30. The molecule has 108 valence electrons. The van der Waals surface area contributed by atoms with Gasteiger partial charge in [-0.3, -0.25) is 4.68 Å². The average molecular weight is 272 g/mol. The first-order valence-electron chi connectivity index (χ1n) is 7.17. The van der Waals surface area contributed by atoms with Crippen LogP contribution in [-0.2, 0) is 20.0 Å². The van der Waals surface area contributed by atoms with Crippen molar-refractivity contribution in [3.05, 3.63) is 41.1 Å². The second-order valence-corrected chi connectivity index (χ2v) is 5.45. The van der Waals surface area contributed by atoms with E-state index in [1.54, 1.807) is 0 Å². The normalized spacial score (nSPS) is 11.1. The minimum absolute atomic E-state index is 0.334. The molecule has 20 heavy (non-hydrogen) atoms. The van der Waals surface area contributed by atoms with Gasteiger partial charge in [0.15, 0.2) is 0 Å². The molecule has 0 fully saturated rings. The van der Waals surface area contributed by atoms with Crippen LogP contribution in [0.4, 0.5) is 11.5 Å². The molecule has 0 saturated carbocycles. The van der Waals surface area contributed by atoms with Crippen molar-refractivity contribution in [3.8, 4) is 0 Å². The fourth-order valence-corrected chi connectivity index (χ4v) is 2.28. The van der Waals surface area contributed by atoms with Gasteiger partial charge in [0.2, 0.25) is 0 Å². The van der Waals surface area contributed by atoms with E-state index in [0.717, 1.165) is 30.2 Å². The van der Waals surface area contributed by atoms with Crippen molar-refractivity contribution in [2.75, 3.05) is 11.1 Å². The van der Waals surface area contributed by atoms with Crippen molar-refractivity contribution in [2.24, 2.45) is 7.05 Å². The van der Waals surface area contributed by atoms with E-state index >= 15 is 0 Å². The zero-order chi connectivity index (χ0) is 14.7. The summed E-state index contributed by atoms with van der Waals surface area (Å²) in [5.74, 6) is 1.23. The molecule has 1 aromatic carbocycles. The highest BCUT2D eigenvalue weighted by atomic mass is 15.3. The monoisotopic (exact) mass is 272 g/mol. The number of hydrogen-bond acceptors (Lipinski definition) is 3. The Hall–Kier alpha value is -1.97. The number of nitrogens with zero attached hydrogens (tertiary/aromatic N) is 2. The summed E-state index contributed by atoms with van der Waals surface area (Å²) in [5, 5.41) is 7.86. The number of aromatic nitrogens is 2. The smallest absolute Gasteiger partial charge is 0.148 e. The number of anilines is 2. The van der Waals surface area contributed by atoms with Gasteiger partial charge in [-0.15, -0.1) is 0 Å². The first kappa shape index (κ1) is 14.4. The maximum absolute atomic E-state index is 6.17. The second kappa shape index (κ2) is 5.99. The van der Waals surface area contributed by atoms with E-state index in [0.29, 0.717) is 5.92 Å². The molecule has 1 heterocycles. The highest BCUT2D eigenvalue weighted by Crippen LogP contribution is 2.27. The topological polar surface area (TPSA) is 55.9 Å². The first-order valence-corrected chi connectivity index (χ1v) is 7.17. The molecular formula is C16H24N4. The lowest BCUT2D eigenvalue weighted by Gasteiger charge is -2.08. The zero-order valence-corrected chi connectivity index (χ0v) is 12.8. The lowest BCUT2D eigenvalue weighted by Crippen LogP contribution is -2.06. The third-order valence-corrected chi connectivity index (χ3v) is 3.55. The lowest BCUT2D eigenvalue weighted by molar-refractivity contribution is 0.715. The highest BCUT2D eigenvalue weighted by molar-refractivity contribution is 5.65. The molecule has 0 saturated heterocycles. The van der Waals surface area contributed by atoms with Crippen LogP contribution in [0.15, 0.2) is 24.3 Å². The summed E-state index contributed by atoms with van der Waals surface area (Å²) >= 11 is 0. The molecule has 1 aromatic heterocycles. The van der Waals surface area contributed by atoms with Crippen LogP contribution in [0, 0.1) is 0 Å². The molecule has 4 heteroatoms. The molecule has 2 rings (SSSR count). The van der Waals surface area contributed by atoms with E-state index in [1.807, 2.05) is 11.7 Å². The van der Waals surface area contributed by atoms with Gasteiger partial charge in [0.05, 0.1) is 11.4 Å². The fourth-order valence-electron chi connectivity index (χ4n) is 2.28. The lowest BCUT2D eigenvalue weighted by atomic mass is 10.1. The van der Waals surface area contributed by atoms with Gasteiger partial charge in [-0.05, 0) is 23.5 Å². The number of nitrogen functional groups attached to an aromatic ring is 1. The van der Waals surface area contributed by atoms with E-state index in [2.05, 4.69) is 55.5 Å². The van der Waals surface area contributed by atoms with Gasteiger partial charge in [0, 0.05) is 13.6 Å². The van der Waals surface area contributed by atoms with Crippen molar-refractivity contribution in [2.45, 2.75) is 39.7 Å². The zero-order valence-electron chi connectivity index (χ0n) is 12.8. The second-order valence-electron chi connectivity index (χ2n) is 5.45. The molecule has 0 aliphatic rings. The van der Waals surface area contributed by atoms with E-state index in [4.69, 9.17) is 5.73 Å². The Kier molecular flexibility index (Phi) is 4.32. The molecule has 0 amide bonds. The summed E-state index contributed by atoms with van der Waals surface area (Å²) in [7, 11) is 1.92. The summed E-state index contributed by atoms with van der Waals surface area (Å²) in [5.41, 5.74) is 10.5. The predicted molar refractivity (Wildman–Crippen MR) is 84.9 cm³/mol. The SMILES string of the molecule is CCc1ccc(CNc2c(N)c(C(C)C)nn2C)cc1. The number of hydrogen-bond donors (Lipinski definition) is 2. The summed E-state index contributed by atoms with van der Waals surface area (Å²) < 4.78 is 1.82. The fraction of sp³-hybridized carbons (Fsp3) is 0.438. The maximum atomic E-state index is 6.17. The Labute approximate surface area is 121 Å². The Morgan fingerprint density at radius 2 is 1.80 bits per heavy atom. The molecule has 0 spiro atoms. The molecule has 0 bridgehead atoms. The standard InChI is InChI=1S/C16H24N4/c1-5-12-6-8-13(9-7-12)10-18-16-14(17)15(11(2)3)19-20(16)4/h6-9,11,18H,5,10,17H2,1-4H3. The third kappa shape index (κ3) is 2.95. The largest absolute Gasteiger partial charge is 0.394 e.